The van der Waals surface area contributed by atoms with Gasteiger partial charge in [0.15, 0.2) is 4.77 Å². The molecule has 1 saturated heterocycles. The molecule has 2 unspecified atom stereocenters. The average molecular weight is 254 g/mol. The number of anilines is 1. The van der Waals surface area contributed by atoms with Gasteiger partial charge in [-0.1, -0.05) is 6.92 Å². The predicted molar refractivity (Wildman–Crippen MR) is 73.1 cm³/mol. The zero-order valence-electron chi connectivity index (χ0n) is 11.1. The molecule has 2 rings (SSSR count). The first-order valence-electron chi connectivity index (χ1n) is 6.51. The molecule has 0 radical (unpaired) electrons. The van der Waals surface area contributed by atoms with Gasteiger partial charge in [0.25, 0.3) is 0 Å². The summed E-state index contributed by atoms with van der Waals surface area (Å²) in [6.45, 7) is 8.82. The Morgan fingerprint density at radius 1 is 1.47 bits per heavy atom. The maximum atomic E-state index is 5.32. The fourth-order valence-corrected chi connectivity index (χ4v) is 3.11. The number of rotatable bonds is 3. The van der Waals surface area contributed by atoms with Crippen molar-refractivity contribution in [2.45, 2.75) is 65.1 Å². The molecule has 0 aliphatic carbocycles. The monoisotopic (exact) mass is 254 g/mol. The van der Waals surface area contributed by atoms with Crippen molar-refractivity contribution in [1.82, 2.24) is 14.8 Å². The molecular formula is C12H22N4S. The number of H-pyrrole nitrogens is 1. The summed E-state index contributed by atoms with van der Waals surface area (Å²) < 4.78 is 2.85. The van der Waals surface area contributed by atoms with E-state index in [-0.39, 0.29) is 0 Å². The van der Waals surface area contributed by atoms with Crippen LogP contribution < -0.4 is 4.90 Å². The first-order chi connectivity index (χ1) is 8.06. The maximum absolute atomic E-state index is 5.32. The van der Waals surface area contributed by atoms with E-state index in [0.717, 1.165) is 10.7 Å². The van der Waals surface area contributed by atoms with E-state index in [2.05, 4.69) is 47.4 Å². The highest BCUT2D eigenvalue weighted by Gasteiger charge is 2.32. The second-order valence-corrected chi connectivity index (χ2v) is 5.57. The lowest BCUT2D eigenvalue weighted by molar-refractivity contribution is 0.545. The van der Waals surface area contributed by atoms with E-state index in [1.807, 2.05) is 0 Å². The third-order valence-corrected chi connectivity index (χ3v) is 3.98. The van der Waals surface area contributed by atoms with Gasteiger partial charge in [-0.2, -0.15) is 0 Å². The number of aromatic nitrogens is 3. The van der Waals surface area contributed by atoms with Gasteiger partial charge in [0, 0.05) is 18.1 Å². The van der Waals surface area contributed by atoms with Crippen LogP contribution in [0.25, 0.3) is 0 Å². The van der Waals surface area contributed by atoms with E-state index in [9.17, 15) is 0 Å². The smallest absolute Gasteiger partial charge is 0.226 e. The molecule has 0 saturated carbocycles. The second kappa shape index (κ2) is 4.80. The Morgan fingerprint density at radius 2 is 2.18 bits per heavy atom. The molecule has 0 aromatic carbocycles. The van der Waals surface area contributed by atoms with Crippen LogP contribution in [0.2, 0.25) is 0 Å². The van der Waals surface area contributed by atoms with E-state index in [1.165, 1.54) is 19.3 Å². The van der Waals surface area contributed by atoms with Crippen LogP contribution in [0.1, 0.15) is 53.0 Å². The Labute approximate surface area is 108 Å². The molecule has 4 nitrogen and oxygen atoms in total. The molecule has 5 heteroatoms. The van der Waals surface area contributed by atoms with Crippen molar-refractivity contribution < 1.29 is 0 Å². The van der Waals surface area contributed by atoms with Crippen LogP contribution in [0.4, 0.5) is 5.95 Å². The molecule has 1 aliphatic rings. The van der Waals surface area contributed by atoms with Crippen LogP contribution in [0.5, 0.6) is 0 Å². The molecule has 1 fully saturated rings. The van der Waals surface area contributed by atoms with Crippen LogP contribution in [-0.2, 0) is 0 Å². The van der Waals surface area contributed by atoms with Crippen LogP contribution in [0.3, 0.4) is 0 Å². The molecule has 96 valence electrons. The lowest BCUT2D eigenvalue weighted by Crippen LogP contribution is -2.36. The van der Waals surface area contributed by atoms with Crippen molar-refractivity contribution in [3.63, 3.8) is 0 Å². The standard InChI is InChI=1S/C12H22N4S/c1-5-10-7-6-9(4)16(10)11-13-14-12(17)15(11)8(2)3/h8-10H,5-7H2,1-4H3,(H,14,17). The SMILES string of the molecule is CCC1CCC(C)N1c1n[nH]c(=S)n1C(C)C. The summed E-state index contributed by atoms with van der Waals surface area (Å²) in [4.78, 5) is 2.44. The topological polar surface area (TPSA) is 36.9 Å². The molecule has 1 aromatic heterocycles. The zero-order valence-corrected chi connectivity index (χ0v) is 11.9. The highest BCUT2D eigenvalue weighted by molar-refractivity contribution is 7.71. The number of hydrogen-bond acceptors (Lipinski definition) is 3. The Balaban J connectivity index is 2.42. The van der Waals surface area contributed by atoms with Gasteiger partial charge in [0.2, 0.25) is 5.95 Å². The second-order valence-electron chi connectivity index (χ2n) is 5.19. The molecule has 2 heterocycles. The number of nitrogens with one attached hydrogen (secondary N) is 1. The summed E-state index contributed by atoms with van der Waals surface area (Å²) in [7, 11) is 0. The largest absolute Gasteiger partial charge is 0.335 e. The lowest BCUT2D eigenvalue weighted by Gasteiger charge is -2.29. The van der Waals surface area contributed by atoms with Crippen molar-refractivity contribution in [2.24, 2.45) is 0 Å². The minimum Gasteiger partial charge on any atom is -0.335 e. The van der Waals surface area contributed by atoms with Gasteiger partial charge in [-0.3, -0.25) is 4.57 Å². The molecule has 1 aliphatic heterocycles. The first-order valence-corrected chi connectivity index (χ1v) is 6.92. The number of hydrogen-bond donors (Lipinski definition) is 1. The lowest BCUT2D eigenvalue weighted by atomic mass is 10.2. The molecule has 17 heavy (non-hydrogen) atoms. The highest BCUT2D eigenvalue weighted by atomic mass is 32.1. The van der Waals surface area contributed by atoms with Crippen molar-refractivity contribution in [2.75, 3.05) is 4.90 Å². The quantitative estimate of drug-likeness (QED) is 0.841. The van der Waals surface area contributed by atoms with Crippen molar-refractivity contribution in [1.29, 1.82) is 0 Å². The van der Waals surface area contributed by atoms with Crippen LogP contribution in [-0.4, -0.2) is 26.8 Å². The van der Waals surface area contributed by atoms with E-state index in [4.69, 9.17) is 12.2 Å². The molecule has 0 spiro atoms. The Morgan fingerprint density at radius 3 is 2.76 bits per heavy atom. The van der Waals surface area contributed by atoms with Gasteiger partial charge >= 0.3 is 0 Å². The number of aromatic amines is 1. The molecule has 1 N–H and O–H groups in total. The van der Waals surface area contributed by atoms with Gasteiger partial charge in [-0.05, 0) is 52.3 Å². The number of nitrogens with zero attached hydrogens (tertiary/aromatic N) is 3. The molecular weight excluding hydrogens is 232 g/mol. The summed E-state index contributed by atoms with van der Waals surface area (Å²) in [6.07, 6.45) is 3.67. The van der Waals surface area contributed by atoms with Crippen LogP contribution in [0, 0.1) is 4.77 Å². The van der Waals surface area contributed by atoms with Crippen molar-refractivity contribution in [3.8, 4) is 0 Å². The van der Waals surface area contributed by atoms with Gasteiger partial charge in [0.1, 0.15) is 0 Å². The predicted octanol–water partition coefficient (Wildman–Crippen LogP) is 3.29. The average Bonchev–Trinajstić information content (AvgIpc) is 2.81. The third kappa shape index (κ3) is 2.12. The molecule has 0 bridgehead atoms. The summed E-state index contributed by atoms with van der Waals surface area (Å²) in [5.41, 5.74) is 0. The van der Waals surface area contributed by atoms with E-state index in [1.54, 1.807) is 0 Å². The summed E-state index contributed by atoms with van der Waals surface area (Å²) >= 11 is 5.32. The fraction of sp³-hybridized carbons (Fsp3) is 0.833. The third-order valence-electron chi connectivity index (χ3n) is 3.69. The summed E-state index contributed by atoms with van der Waals surface area (Å²) in [6, 6.07) is 1.51. The molecule has 2 atom stereocenters. The highest BCUT2D eigenvalue weighted by Crippen LogP contribution is 2.31. The fourth-order valence-electron chi connectivity index (χ4n) is 2.78. The zero-order chi connectivity index (χ0) is 12.6. The minimum absolute atomic E-state index is 0.349. The van der Waals surface area contributed by atoms with Gasteiger partial charge in [-0.15, -0.1) is 5.10 Å². The Kier molecular flexibility index (Phi) is 3.56. The van der Waals surface area contributed by atoms with Gasteiger partial charge in [-0.25, -0.2) is 5.10 Å². The summed E-state index contributed by atoms with van der Waals surface area (Å²) in [5, 5.41) is 7.37. The van der Waals surface area contributed by atoms with Crippen molar-refractivity contribution in [3.05, 3.63) is 4.77 Å². The Hall–Kier alpha value is -0.840. The minimum atomic E-state index is 0.349. The molecule has 0 amide bonds. The maximum Gasteiger partial charge on any atom is 0.226 e. The summed E-state index contributed by atoms with van der Waals surface area (Å²) in [5.74, 6) is 1.02. The van der Waals surface area contributed by atoms with Crippen LogP contribution in [0.15, 0.2) is 0 Å². The first kappa shape index (κ1) is 12.6. The van der Waals surface area contributed by atoms with E-state index < -0.39 is 0 Å². The van der Waals surface area contributed by atoms with Crippen LogP contribution >= 0.6 is 12.2 Å². The van der Waals surface area contributed by atoms with E-state index >= 15 is 0 Å². The van der Waals surface area contributed by atoms with Gasteiger partial charge in [0.05, 0.1) is 0 Å². The van der Waals surface area contributed by atoms with E-state index in [0.29, 0.717) is 18.1 Å². The van der Waals surface area contributed by atoms with Crippen molar-refractivity contribution >= 4 is 18.2 Å². The normalized spacial score (nSPS) is 24.9. The Bertz CT molecular complexity index is 434. The van der Waals surface area contributed by atoms with Gasteiger partial charge < -0.3 is 4.90 Å². The molecule has 1 aromatic rings.